The number of hydrogen-bond acceptors (Lipinski definition) is 9. The topological polar surface area (TPSA) is 129 Å². The first-order valence-corrected chi connectivity index (χ1v) is 17.7. The summed E-state index contributed by atoms with van der Waals surface area (Å²) < 4.78 is 51.2. The lowest BCUT2D eigenvalue weighted by atomic mass is 9.98. The molecule has 0 aliphatic carbocycles. The summed E-state index contributed by atoms with van der Waals surface area (Å²) in [6.45, 7) is 5.08. The molecule has 2 aromatic carbocycles. The van der Waals surface area contributed by atoms with E-state index in [0.717, 1.165) is 22.5 Å². The van der Waals surface area contributed by atoms with Crippen molar-refractivity contribution in [2.45, 2.75) is 64.2 Å². The number of nitrogens with one attached hydrogen (secondary N) is 1. The van der Waals surface area contributed by atoms with E-state index >= 15 is 0 Å². The Morgan fingerprint density at radius 2 is 1.85 bits per heavy atom. The third-order valence-electron chi connectivity index (χ3n) is 7.01. The lowest BCUT2D eigenvalue weighted by Crippen LogP contribution is -2.45. The molecule has 2 aromatic heterocycles. The molecule has 13 heteroatoms. The van der Waals surface area contributed by atoms with Crippen molar-refractivity contribution in [1.29, 1.82) is 0 Å². The molecule has 2 heterocycles. The fraction of sp³-hybridized carbons (Fsp3) is 0.394. The molecule has 0 aliphatic rings. The molecule has 1 amide bonds. The summed E-state index contributed by atoms with van der Waals surface area (Å²) in [5.74, 6) is -1.57. The largest absolute Gasteiger partial charge is 0.483 e. The molecule has 0 aliphatic heterocycles. The Bertz CT molecular complexity index is 1730. The van der Waals surface area contributed by atoms with Gasteiger partial charge in [0.2, 0.25) is 0 Å². The van der Waals surface area contributed by atoms with Crippen molar-refractivity contribution < 1.29 is 31.9 Å². The van der Waals surface area contributed by atoms with Crippen LogP contribution in [0.2, 0.25) is 0 Å². The Balaban J connectivity index is 1.65. The minimum atomic E-state index is -3.43. The molecule has 1 N–H and O–H groups in total. The quantitative estimate of drug-likeness (QED) is 0.185. The number of nitrogens with zero attached hydrogens (tertiary/aromatic N) is 3. The molecular formula is C33H39FN4O6S2. The van der Waals surface area contributed by atoms with Gasteiger partial charge in [-0.15, -0.1) is 11.3 Å². The molecule has 2 atom stereocenters. The summed E-state index contributed by atoms with van der Waals surface area (Å²) in [5.41, 5.74) is 1.88. The van der Waals surface area contributed by atoms with Crippen LogP contribution >= 0.6 is 11.3 Å². The summed E-state index contributed by atoms with van der Waals surface area (Å²) in [6, 6.07) is 10.1. The minimum Gasteiger partial charge on any atom is -0.483 e. The van der Waals surface area contributed by atoms with Gasteiger partial charge in [0.05, 0.1) is 12.1 Å². The van der Waals surface area contributed by atoms with Crippen molar-refractivity contribution in [1.82, 2.24) is 19.9 Å². The van der Waals surface area contributed by atoms with Crippen LogP contribution in [-0.4, -0.2) is 58.5 Å². The van der Waals surface area contributed by atoms with Gasteiger partial charge in [0.15, 0.2) is 6.10 Å². The smallest absolute Gasteiger partial charge is 0.329 e. The number of benzene rings is 2. The van der Waals surface area contributed by atoms with Crippen LogP contribution in [-0.2, 0) is 45.7 Å². The molecular weight excluding hydrogens is 632 g/mol. The van der Waals surface area contributed by atoms with Gasteiger partial charge in [-0.05, 0) is 75.4 Å². The SMILES string of the molecule is Cn1cncc1CC(Oc1ccc(CCc2ccc(F)cc2)c(C(=O)N[C@@H](CCS(C)(=O)=O)C(=O)OC(C)(C)C)c1)c1nccs1. The van der Waals surface area contributed by atoms with E-state index < -0.39 is 39.5 Å². The second-order valence-electron chi connectivity index (χ2n) is 12.1. The number of halogens is 1. The van der Waals surface area contributed by atoms with E-state index in [1.807, 2.05) is 17.0 Å². The maximum absolute atomic E-state index is 13.9. The van der Waals surface area contributed by atoms with E-state index in [1.54, 1.807) is 69.8 Å². The molecule has 0 bridgehead atoms. The van der Waals surface area contributed by atoms with Crippen molar-refractivity contribution >= 4 is 33.1 Å². The second-order valence-corrected chi connectivity index (χ2v) is 15.3. The van der Waals surface area contributed by atoms with Crippen molar-refractivity contribution in [2.24, 2.45) is 7.05 Å². The maximum atomic E-state index is 13.9. The van der Waals surface area contributed by atoms with E-state index in [2.05, 4.69) is 15.3 Å². The summed E-state index contributed by atoms with van der Waals surface area (Å²) in [6.07, 6.45) is 7.03. The maximum Gasteiger partial charge on any atom is 0.329 e. The predicted octanol–water partition coefficient (Wildman–Crippen LogP) is 5.04. The van der Waals surface area contributed by atoms with Crippen LogP contribution in [0.1, 0.15) is 65.5 Å². The highest BCUT2D eigenvalue weighted by molar-refractivity contribution is 7.90. The van der Waals surface area contributed by atoms with Gasteiger partial charge in [-0.1, -0.05) is 18.2 Å². The Morgan fingerprint density at radius 1 is 1.11 bits per heavy atom. The number of carbonyl (C=O) groups excluding carboxylic acids is 2. The van der Waals surface area contributed by atoms with Crippen LogP contribution in [0.3, 0.4) is 0 Å². The van der Waals surface area contributed by atoms with E-state index in [0.29, 0.717) is 30.6 Å². The fourth-order valence-corrected chi connectivity index (χ4v) is 6.02. The summed E-state index contributed by atoms with van der Waals surface area (Å²) in [5, 5.41) is 5.33. The standard InChI is InChI=1S/C33H39FN4O6S2/c1-33(2,3)44-32(40)28(14-17-46(5,41)42)37-30(39)27-19-26(13-10-23(27)9-6-22-7-11-24(34)12-8-22)43-29(31-36-15-16-45-31)18-25-20-35-21-38(25)4/h7-8,10-13,15-16,19-21,28-29H,6,9,14,17-18H2,1-5H3,(H,37,39)/t28-,29?/m0/s1. The zero-order valence-electron chi connectivity index (χ0n) is 26.5. The number of aryl methyl sites for hydroxylation is 3. The van der Waals surface area contributed by atoms with Gasteiger partial charge in [-0.25, -0.2) is 27.6 Å². The predicted molar refractivity (Wildman–Crippen MR) is 174 cm³/mol. The van der Waals surface area contributed by atoms with Gasteiger partial charge in [0.25, 0.3) is 5.91 Å². The molecule has 1 unspecified atom stereocenters. The first kappa shape index (κ1) is 34.8. The Morgan fingerprint density at radius 3 is 2.46 bits per heavy atom. The van der Waals surface area contributed by atoms with Gasteiger partial charge < -0.3 is 19.4 Å². The zero-order chi connectivity index (χ0) is 33.5. The second kappa shape index (κ2) is 15.0. The number of carbonyl (C=O) groups is 2. The molecule has 4 rings (SSSR count). The Hall–Kier alpha value is -4.10. The number of imidazole rings is 1. The van der Waals surface area contributed by atoms with Crippen LogP contribution in [0.15, 0.2) is 66.6 Å². The highest BCUT2D eigenvalue weighted by Crippen LogP contribution is 2.29. The Labute approximate surface area is 272 Å². The first-order valence-electron chi connectivity index (χ1n) is 14.8. The van der Waals surface area contributed by atoms with E-state index in [-0.39, 0.29) is 23.6 Å². The molecule has 0 spiro atoms. The minimum absolute atomic E-state index is 0.155. The van der Waals surface area contributed by atoms with E-state index in [4.69, 9.17) is 9.47 Å². The molecule has 0 radical (unpaired) electrons. The average Bonchev–Trinajstić information content (AvgIpc) is 3.65. The monoisotopic (exact) mass is 670 g/mol. The summed E-state index contributed by atoms with van der Waals surface area (Å²) >= 11 is 1.45. The number of aromatic nitrogens is 3. The normalized spacial score (nSPS) is 13.2. The zero-order valence-corrected chi connectivity index (χ0v) is 28.2. The van der Waals surface area contributed by atoms with Gasteiger partial charge >= 0.3 is 5.97 Å². The molecule has 4 aromatic rings. The highest BCUT2D eigenvalue weighted by Gasteiger charge is 2.29. The Kier molecular flexibility index (Phi) is 11.3. The molecule has 46 heavy (non-hydrogen) atoms. The molecule has 0 saturated heterocycles. The average molecular weight is 671 g/mol. The molecule has 0 saturated carbocycles. The van der Waals surface area contributed by atoms with Crippen molar-refractivity contribution in [3.8, 4) is 5.75 Å². The summed E-state index contributed by atoms with van der Waals surface area (Å²) in [7, 11) is -1.54. The molecule has 0 fully saturated rings. The van der Waals surface area contributed by atoms with Crippen LogP contribution in [0.25, 0.3) is 0 Å². The van der Waals surface area contributed by atoms with Crippen LogP contribution in [0.5, 0.6) is 5.75 Å². The number of ether oxygens (including phenoxy) is 2. The number of esters is 1. The van der Waals surface area contributed by atoms with E-state index in [9.17, 15) is 22.4 Å². The number of rotatable bonds is 14. The third-order valence-corrected chi connectivity index (χ3v) is 8.86. The van der Waals surface area contributed by atoms with Crippen LogP contribution < -0.4 is 10.1 Å². The van der Waals surface area contributed by atoms with Gasteiger partial charge in [0, 0.05) is 48.8 Å². The summed E-state index contributed by atoms with van der Waals surface area (Å²) in [4.78, 5) is 35.6. The van der Waals surface area contributed by atoms with Gasteiger partial charge in [-0.3, -0.25) is 4.79 Å². The lowest BCUT2D eigenvalue weighted by Gasteiger charge is -2.25. The van der Waals surface area contributed by atoms with Crippen molar-refractivity contribution in [3.63, 3.8) is 0 Å². The number of amides is 1. The van der Waals surface area contributed by atoms with Crippen molar-refractivity contribution in [2.75, 3.05) is 12.0 Å². The number of sulfone groups is 1. The van der Waals surface area contributed by atoms with Gasteiger partial charge in [0.1, 0.15) is 38.1 Å². The van der Waals surface area contributed by atoms with Gasteiger partial charge in [-0.2, -0.15) is 0 Å². The third kappa shape index (κ3) is 10.5. The lowest BCUT2D eigenvalue weighted by molar-refractivity contribution is -0.157. The fourth-order valence-electron chi connectivity index (χ4n) is 4.69. The molecule has 246 valence electrons. The first-order chi connectivity index (χ1) is 21.7. The van der Waals surface area contributed by atoms with Crippen LogP contribution in [0, 0.1) is 5.82 Å². The molecule has 10 nitrogen and oxygen atoms in total. The van der Waals surface area contributed by atoms with Crippen LogP contribution in [0.4, 0.5) is 4.39 Å². The van der Waals surface area contributed by atoms with Crippen molar-refractivity contribution in [3.05, 3.63) is 99.8 Å². The highest BCUT2D eigenvalue weighted by atomic mass is 32.2. The number of thiazole rings is 1. The van der Waals surface area contributed by atoms with E-state index in [1.165, 1.54) is 23.5 Å². The number of hydrogen-bond donors (Lipinski definition) is 1.